The highest BCUT2D eigenvalue weighted by molar-refractivity contribution is 6.58. The Morgan fingerprint density at radius 2 is 1.89 bits per heavy atom. The van der Waals surface area contributed by atoms with Crippen LogP contribution in [0.3, 0.4) is 0 Å². The van der Waals surface area contributed by atoms with Crippen LogP contribution in [0.15, 0.2) is 24.3 Å². The highest BCUT2D eigenvalue weighted by Gasteiger charge is 2.27. The van der Waals surface area contributed by atoms with Crippen LogP contribution in [-0.4, -0.2) is 38.5 Å². The first-order valence-electron chi connectivity index (χ1n) is 5.86. The Labute approximate surface area is 106 Å². The van der Waals surface area contributed by atoms with E-state index in [-0.39, 0.29) is 6.04 Å². The van der Waals surface area contributed by atoms with Crippen LogP contribution in [0.25, 0.3) is 0 Å². The van der Waals surface area contributed by atoms with Gasteiger partial charge in [0.25, 0.3) is 0 Å². The van der Waals surface area contributed by atoms with Gasteiger partial charge in [0.1, 0.15) is 5.75 Å². The standard InChI is InChI=1S/C12H18BF3NO/c1-10(17(2)9-13(14,15)16)8-11-6-4-5-7-12(11)18-3/h4-7,10H,8-9H2,1-3H3/q-1. The lowest BCUT2D eigenvalue weighted by atomic mass is 9.90. The lowest BCUT2D eigenvalue weighted by Gasteiger charge is -2.29. The molecule has 102 valence electrons. The van der Waals surface area contributed by atoms with Crippen molar-refractivity contribution in [3.63, 3.8) is 0 Å². The number of likely N-dealkylation sites (N-methyl/N-ethyl adjacent to an activating group) is 1. The van der Waals surface area contributed by atoms with Crippen molar-refractivity contribution in [3.8, 4) is 5.75 Å². The fourth-order valence-electron chi connectivity index (χ4n) is 1.85. The number of rotatable bonds is 6. The maximum Gasteiger partial charge on any atom is 0.492 e. The first-order chi connectivity index (χ1) is 8.33. The van der Waals surface area contributed by atoms with E-state index in [0.717, 1.165) is 11.3 Å². The number of benzene rings is 1. The number of hydrogen-bond acceptors (Lipinski definition) is 2. The molecule has 0 spiro atoms. The molecule has 1 aromatic carbocycles. The topological polar surface area (TPSA) is 12.5 Å². The van der Waals surface area contributed by atoms with Crippen molar-refractivity contribution in [2.45, 2.75) is 19.4 Å². The van der Waals surface area contributed by atoms with Gasteiger partial charge in [0.15, 0.2) is 0 Å². The minimum Gasteiger partial charge on any atom is -0.496 e. The molecular formula is C12H18BF3NO-. The van der Waals surface area contributed by atoms with Gasteiger partial charge < -0.3 is 22.6 Å². The van der Waals surface area contributed by atoms with Crippen LogP contribution >= 0.6 is 0 Å². The molecule has 18 heavy (non-hydrogen) atoms. The zero-order valence-corrected chi connectivity index (χ0v) is 10.9. The van der Waals surface area contributed by atoms with E-state index in [2.05, 4.69) is 0 Å². The first kappa shape index (κ1) is 14.9. The third-order valence-electron chi connectivity index (χ3n) is 2.96. The quantitative estimate of drug-likeness (QED) is 0.729. The Kier molecular flexibility index (Phi) is 5.08. The normalized spacial score (nSPS) is 13.7. The lowest BCUT2D eigenvalue weighted by Crippen LogP contribution is -2.41. The van der Waals surface area contributed by atoms with Crippen molar-refractivity contribution in [2.75, 3.05) is 20.6 Å². The van der Waals surface area contributed by atoms with E-state index in [1.165, 1.54) is 11.9 Å². The van der Waals surface area contributed by atoms with Gasteiger partial charge in [-0.1, -0.05) is 18.2 Å². The van der Waals surface area contributed by atoms with Crippen LogP contribution in [0.4, 0.5) is 12.9 Å². The van der Waals surface area contributed by atoms with Crippen molar-refractivity contribution in [2.24, 2.45) is 0 Å². The Morgan fingerprint density at radius 1 is 1.28 bits per heavy atom. The molecule has 1 rings (SSSR count). The summed E-state index contributed by atoms with van der Waals surface area (Å²) >= 11 is 0. The molecule has 1 atom stereocenters. The predicted octanol–water partition coefficient (Wildman–Crippen LogP) is 2.94. The maximum atomic E-state index is 12.3. The molecule has 0 saturated carbocycles. The van der Waals surface area contributed by atoms with Gasteiger partial charge in [-0.15, -0.1) is 0 Å². The molecule has 0 aliphatic heterocycles. The molecule has 0 saturated heterocycles. The van der Waals surface area contributed by atoms with Crippen LogP contribution < -0.4 is 4.74 Å². The number of ether oxygens (including phenoxy) is 1. The number of hydrogen-bond donors (Lipinski definition) is 0. The summed E-state index contributed by atoms with van der Waals surface area (Å²) in [7, 11) is 3.06. The average molecular weight is 260 g/mol. The zero-order chi connectivity index (χ0) is 13.8. The van der Waals surface area contributed by atoms with Crippen LogP contribution in [0, 0.1) is 0 Å². The van der Waals surface area contributed by atoms with E-state index in [1.54, 1.807) is 14.0 Å². The van der Waals surface area contributed by atoms with Gasteiger partial charge in [-0.2, -0.15) is 0 Å². The van der Waals surface area contributed by atoms with Crippen LogP contribution in [0.5, 0.6) is 5.75 Å². The predicted molar refractivity (Wildman–Crippen MR) is 67.9 cm³/mol. The molecule has 1 aromatic rings. The van der Waals surface area contributed by atoms with Gasteiger partial charge in [-0.3, -0.25) is 0 Å². The summed E-state index contributed by atoms with van der Waals surface area (Å²) in [4.78, 5) is 1.33. The molecular weight excluding hydrogens is 242 g/mol. The number of para-hydroxylation sites is 1. The summed E-state index contributed by atoms with van der Waals surface area (Å²) in [6.07, 6.45) is -0.303. The van der Waals surface area contributed by atoms with Gasteiger partial charge >= 0.3 is 6.98 Å². The van der Waals surface area contributed by atoms with Crippen LogP contribution in [-0.2, 0) is 6.42 Å². The highest BCUT2D eigenvalue weighted by Crippen LogP contribution is 2.21. The van der Waals surface area contributed by atoms with Crippen LogP contribution in [0.2, 0.25) is 0 Å². The third-order valence-corrected chi connectivity index (χ3v) is 2.96. The number of methoxy groups -OCH3 is 1. The second-order valence-electron chi connectivity index (χ2n) is 4.51. The fraction of sp³-hybridized carbons (Fsp3) is 0.500. The molecule has 0 fully saturated rings. The summed E-state index contributed by atoms with van der Waals surface area (Å²) in [5, 5.41) is 0. The third kappa shape index (κ3) is 4.60. The van der Waals surface area contributed by atoms with Crippen molar-refractivity contribution in [1.29, 1.82) is 0 Å². The van der Waals surface area contributed by atoms with E-state index >= 15 is 0 Å². The van der Waals surface area contributed by atoms with Gasteiger partial charge in [0, 0.05) is 6.04 Å². The van der Waals surface area contributed by atoms with E-state index in [9.17, 15) is 12.9 Å². The fourth-order valence-corrected chi connectivity index (χ4v) is 1.85. The molecule has 0 N–H and O–H groups in total. The molecule has 0 amide bonds. The van der Waals surface area contributed by atoms with Crippen molar-refractivity contribution in [3.05, 3.63) is 29.8 Å². The van der Waals surface area contributed by atoms with E-state index in [4.69, 9.17) is 4.74 Å². The lowest BCUT2D eigenvalue weighted by molar-refractivity contribution is 0.260. The molecule has 0 bridgehead atoms. The van der Waals surface area contributed by atoms with Gasteiger partial charge in [-0.05, 0) is 38.5 Å². The Bertz CT molecular complexity index is 384. The largest absolute Gasteiger partial charge is 0.496 e. The summed E-state index contributed by atoms with van der Waals surface area (Å²) in [5.41, 5.74) is 0.925. The SMILES string of the molecule is COc1ccccc1CC(C)N(C)C[B-](F)(F)F. The van der Waals surface area contributed by atoms with E-state index in [1.807, 2.05) is 24.3 Å². The smallest absolute Gasteiger partial charge is 0.492 e. The molecule has 0 aliphatic carbocycles. The van der Waals surface area contributed by atoms with Crippen molar-refractivity contribution in [1.82, 2.24) is 4.90 Å². The summed E-state index contributed by atoms with van der Waals surface area (Å²) in [5.74, 6) is 0.718. The van der Waals surface area contributed by atoms with Gasteiger partial charge in [-0.25, -0.2) is 0 Å². The van der Waals surface area contributed by atoms with Crippen molar-refractivity contribution < 1.29 is 17.7 Å². The summed E-state index contributed by atoms with van der Waals surface area (Å²) in [6.45, 7) is -2.99. The van der Waals surface area contributed by atoms with Crippen LogP contribution in [0.1, 0.15) is 12.5 Å². The van der Waals surface area contributed by atoms with Gasteiger partial charge in [0.2, 0.25) is 0 Å². The minimum atomic E-state index is -4.78. The summed E-state index contributed by atoms with van der Waals surface area (Å²) in [6, 6.07) is 7.20. The average Bonchev–Trinajstić information content (AvgIpc) is 2.27. The second kappa shape index (κ2) is 6.13. The molecule has 0 aromatic heterocycles. The van der Waals surface area contributed by atoms with E-state index < -0.39 is 13.4 Å². The second-order valence-corrected chi connectivity index (χ2v) is 4.51. The Balaban J connectivity index is 2.66. The van der Waals surface area contributed by atoms with E-state index in [0.29, 0.717) is 6.42 Å². The highest BCUT2D eigenvalue weighted by atomic mass is 19.4. The minimum absolute atomic E-state index is 0.190. The molecule has 1 unspecified atom stereocenters. The molecule has 0 aliphatic rings. The van der Waals surface area contributed by atoms with Crippen molar-refractivity contribution >= 4 is 6.98 Å². The summed E-state index contributed by atoms with van der Waals surface area (Å²) < 4.78 is 42.2. The number of halogens is 3. The molecule has 2 nitrogen and oxygen atoms in total. The Hall–Kier alpha value is -1.17. The number of nitrogens with zero attached hydrogens (tertiary/aromatic N) is 1. The Morgan fingerprint density at radius 3 is 2.44 bits per heavy atom. The monoisotopic (exact) mass is 260 g/mol. The molecule has 0 radical (unpaired) electrons. The zero-order valence-electron chi connectivity index (χ0n) is 10.9. The first-order valence-corrected chi connectivity index (χ1v) is 5.86. The molecule has 0 heterocycles. The van der Waals surface area contributed by atoms with Gasteiger partial charge in [0.05, 0.1) is 7.11 Å². The maximum absolute atomic E-state index is 12.3. The molecule has 6 heteroatoms.